The van der Waals surface area contributed by atoms with Crippen LogP contribution in [-0.2, 0) is 14.3 Å². The minimum atomic E-state index is -0.605. The Kier molecular flexibility index (Phi) is 7.70. The van der Waals surface area contributed by atoms with Crippen LogP contribution in [-0.4, -0.2) is 30.6 Å². The molecule has 0 saturated heterocycles. The highest BCUT2D eigenvalue weighted by molar-refractivity contribution is 9.10. The summed E-state index contributed by atoms with van der Waals surface area (Å²) in [6, 6.07) is 10.5. The highest BCUT2D eigenvalue weighted by atomic mass is 79.9. The zero-order valence-corrected chi connectivity index (χ0v) is 18.3. The molecule has 0 fully saturated rings. The van der Waals surface area contributed by atoms with Gasteiger partial charge in [-0.15, -0.1) is 0 Å². The Bertz CT molecular complexity index is 544. The highest BCUT2D eigenvalue weighted by Crippen LogP contribution is 2.50. The molecule has 0 amide bonds. The molecule has 0 radical (unpaired) electrons. The molecule has 1 atom stereocenters. The van der Waals surface area contributed by atoms with Crippen LogP contribution in [0.1, 0.15) is 59.4 Å². The Labute approximate surface area is 161 Å². The first-order chi connectivity index (χ1) is 11.4. The van der Waals surface area contributed by atoms with Crippen molar-refractivity contribution in [1.82, 2.24) is 0 Å². The monoisotopic (exact) mass is 412 g/mol. The molecule has 0 N–H and O–H groups in total. The van der Waals surface area contributed by atoms with Crippen LogP contribution in [0.3, 0.4) is 0 Å². The summed E-state index contributed by atoms with van der Waals surface area (Å²) in [4.78, 5) is 12.7. The number of benzene rings is 1. The predicted octanol–water partition coefficient (Wildman–Crippen LogP) is 5.58. The van der Waals surface area contributed by atoms with E-state index in [-0.39, 0.29) is 21.6 Å². The van der Waals surface area contributed by atoms with Crippen molar-refractivity contribution >= 4 is 21.9 Å². The summed E-state index contributed by atoms with van der Waals surface area (Å²) >= 11 is 3.86. The van der Waals surface area contributed by atoms with Gasteiger partial charge in [0.25, 0.3) is 0 Å². The van der Waals surface area contributed by atoms with Gasteiger partial charge in [-0.3, -0.25) is 4.79 Å². The Morgan fingerprint density at radius 3 is 2.08 bits per heavy atom. The molecule has 25 heavy (non-hydrogen) atoms. The van der Waals surface area contributed by atoms with Crippen LogP contribution < -0.4 is 0 Å². The molecular weight excluding hydrogens is 380 g/mol. The Balaban J connectivity index is 3.03. The summed E-state index contributed by atoms with van der Waals surface area (Å²) in [5.41, 5.74) is 0.426. The number of hydrogen-bond donors (Lipinski definition) is 0. The molecule has 1 rings (SSSR count). The van der Waals surface area contributed by atoms with Crippen molar-refractivity contribution in [3.63, 3.8) is 0 Å². The van der Waals surface area contributed by atoms with Gasteiger partial charge in [-0.25, -0.2) is 0 Å². The second kappa shape index (κ2) is 8.68. The lowest BCUT2D eigenvalue weighted by molar-refractivity contribution is -0.162. The van der Waals surface area contributed by atoms with Crippen molar-refractivity contribution in [3.05, 3.63) is 35.9 Å². The summed E-state index contributed by atoms with van der Waals surface area (Å²) in [6.45, 7) is 13.3. The zero-order chi connectivity index (χ0) is 19.3. The topological polar surface area (TPSA) is 35.5 Å². The first-order valence-electron chi connectivity index (χ1n) is 8.83. The van der Waals surface area contributed by atoms with E-state index in [9.17, 15) is 4.79 Å². The van der Waals surface area contributed by atoms with Gasteiger partial charge in [0.05, 0.1) is 12.0 Å². The van der Waals surface area contributed by atoms with Gasteiger partial charge in [0.1, 0.15) is 6.61 Å². The number of rotatable bonds is 9. The standard InChI is InChI=1S/C21H33BrO3/c1-19(2,20(3,4)18(23)25-14-13-24-7)15-17(21(5,6)22)16-11-9-8-10-12-16/h8-12,17H,13-15H2,1-7H3. The van der Waals surface area contributed by atoms with Gasteiger partial charge < -0.3 is 9.47 Å². The minimum absolute atomic E-state index is 0.0817. The van der Waals surface area contributed by atoms with Gasteiger partial charge in [0.15, 0.2) is 0 Å². The van der Waals surface area contributed by atoms with Gasteiger partial charge in [0, 0.05) is 11.4 Å². The fraction of sp³-hybridized carbons (Fsp3) is 0.667. The number of ether oxygens (including phenoxy) is 2. The Hall–Kier alpha value is -0.870. The second-order valence-corrected chi connectivity index (χ2v) is 10.4. The zero-order valence-electron chi connectivity index (χ0n) is 16.7. The first kappa shape index (κ1) is 22.2. The Morgan fingerprint density at radius 1 is 1.04 bits per heavy atom. The number of carbonyl (C=O) groups excluding carboxylic acids is 1. The average Bonchev–Trinajstić information content (AvgIpc) is 2.52. The first-order valence-corrected chi connectivity index (χ1v) is 9.63. The fourth-order valence-corrected chi connectivity index (χ4v) is 3.31. The average molecular weight is 413 g/mol. The largest absolute Gasteiger partial charge is 0.463 e. The number of esters is 1. The summed E-state index contributed by atoms with van der Waals surface area (Å²) in [5.74, 6) is 0.100. The van der Waals surface area contributed by atoms with Gasteiger partial charge in [0.2, 0.25) is 0 Å². The molecule has 0 saturated carbocycles. The molecule has 0 spiro atoms. The summed E-state index contributed by atoms with van der Waals surface area (Å²) in [6.07, 6.45) is 0.863. The van der Waals surface area contributed by atoms with Crippen molar-refractivity contribution in [2.45, 2.75) is 58.2 Å². The van der Waals surface area contributed by atoms with E-state index in [1.807, 2.05) is 19.9 Å². The fourth-order valence-electron chi connectivity index (χ4n) is 2.88. The van der Waals surface area contributed by atoms with Gasteiger partial charge in [-0.1, -0.05) is 60.1 Å². The molecular formula is C21H33BrO3. The summed E-state index contributed by atoms with van der Waals surface area (Å²) in [5, 5.41) is 0. The van der Waals surface area contributed by atoms with E-state index >= 15 is 0 Å². The van der Waals surface area contributed by atoms with Crippen LogP contribution >= 0.6 is 15.9 Å². The van der Waals surface area contributed by atoms with Crippen LogP contribution in [0.25, 0.3) is 0 Å². The molecule has 0 aliphatic heterocycles. The van der Waals surface area contributed by atoms with E-state index in [0.717, 1.165) is 6.42 Å². The normalized spacial score (nSPS) is 14.2. The molecule has 0 aromatic heterocycles. The summed E-state index contributed by atoms with van der Waals surface area (Å²) < 4.78 is 10.3. The lowest BCUT2D eigenvalue weighted by Gasteiger charge is -2.44. The van der Waals surface area contributed by atoms with Crippen LogP contribution in [0.15, 0.2) is 30.3 Å². The van der Waals surface area contributed by atoms with Crippen LogP contribution in [0.2, 0.25) is 0 Å². The highest BCUT2D eigenvalue weighted by Gasteiger charge is 2.47. The van der Waals surface area contributed by atoms with Crippen molar-refractivity contribution in [2.24, 2.45) is 10.8 Å². The van der Waals surface area contributed by atoms with Gasteiger partial charge >= 0.3 is 5.97 Å². The minimum Gasteiger partial charge on any atom is -0.463 e. The quantitative estimate of drug-likeness (QED) is 0.301. The predicted molar refractivity (Wildman–Crippen MR) is 107 cm³/mol. The summed E-state index contributed by atoms with van der Waals surface area (Å²) in [7, 11) is 1.60. The molecule has 0 aliphatic carbocycles. The van der Waals surface area contributed by atoms with E-state index in [2.05, 4.69) is 67.9 Å². The van der Waals surface area contributed by atoms with Crippen molar-refractivity contribution in [1.29, 1.82) is 0 Å². The molecule has 1 aromatic rings. The number of carbonyl (C=O) groups is 1. The molecule has 142 valence electrons. The third-order valence-electron chi connectivity index (χ3n) is 5.47. The van der Waals surface area contributed by atoms with E-state index in [4.69, 9.17) is 9.47 Å². The third-order valence-corrected chi connectivity index (χ3v) is 6.02. The van der Waals surface area contributed by atoms with E-state index < -0.39 is 5.41 Å². The van der Waals surface area contributed by atoms with Crippen molar-refractivity contribution < 1.29 is 14.3 Å². The number of alkyl halides is 1. The number of hydrogen-bond acceptors (Lipinski definition) is 3. The molecule has 0 aliphatic rings. The maximum Gasteiger partial charge on any atom is 0.312 e. The van der Waals surface area contributed by atoms with Crippen molar-refractivity contribution in [2.75, 3.05) is 20.3 Å². The third kappa shape index (κ3) is 5.82. The van der Waals surface area contributed by atoms with Crippen molar-refractivity contribution in [3.8, 4) is 0 Å². The van der Waals surface area contributed by atoms with Crippen LogP contribution in [0.5, 0.6) is 0 Å². The maximum absolute atomic E-state index is 12.7. The molecule has 0 bridgehead atoms. The maximum atomic E-state index is 12.7. The van der Waals surface area contributed by atoms with Gasteiger partial charge in [-0.2, -0.15) is 0 Å². The molecule has 1 unspecified atom stereocenters. The number of methoxy groups -OCH3 is 1. The smallest absolute Gasteiger partial charge is 0.312 e. The van der Waals surface area contributed by atoms with Crippen LogP contribution in [0, 0.1) is 10.8 Å². The van der Waals surface area contributed by atoms with Gasteiger partial charge in [-0.05, 0) is 51.0 Å². The molecule has 1 aromatic carbocycles. The van der Waals surface area contributed by atoms with Crippen LogP contribution in [0.4, 0.5) is 0 Å². The molecule has 0 heterocycles. The lowest BCUT2D eigenvalue weighted by atomic mass is 9.62. The molecule has 3 nitrogen and oxygen atoms in total. The molecule has 4 heteroatoms. The SMILES string of the molecule is COCCOC(=O)C(C)(C)C(C)(C)CC(c1ccccc1)C(C)(C)Br. The second-order valence-electron chi connectivity index (χ2n) is 8.37. The van der Waals surface area contributed by atoms with E-state index in [1.165, 1.54) is 5.56 Å². The van der Waals surface area contributed by atoms with E-state index in [0.29, 0.717) is 13.2 Å². The van der Waals surface area contributed by atoms with E-state index in [1.54, 1.807) is 7.11 Å². The number of halogens is 1. The lowest BCUT2D eigenvalue weighted by Crippen LogP contribution is -2.43. The Morgan fingerprint density at radius 2 is 1.60 bits per heavy atom.